The average Bonchev–Trinajstić information content (AvgIpc) is 2.93. The molecule has 0 amide bonds. The summed E-state index contributed by atoms with van der Waals surface area (Å²) in [6.45, 7) is 6.03. The molecule has 1 heterocycles. The lowest BCUT2D eigenvalue weighted by Crippen LogP contribution is -2.37. The Kier molecular flexibility index (Phi) is 11.3. The molecule has 0 fully saturated rings. The van der Waals surface area contributed by atoms with E-state index in [0.717, 1.165) is 19.0 Å². The SMILES string of the molecule is CCCCOC(=O)CCC(=O)C[C@H](O)C(F)=CN1C(c2ccc(F)cc2)=CC(c2ccc(F)cc2)=NC1C(C)C. The van der Waals surface area contributed by atoms with Crippen LogP contribution in [0, 0.1) is 17.6 Å². The molecule has 40 heavy (non-hydrogen) atoms. The first kappa shape index (κ1) is 30.8. The van der Waals surface area contributed by atoms with Gasteiger partial charge < -0.3 is 14.7 Å². The Labute approximate surface area is 232 Å². The van der Waals surface area contributed by atoms with Crippen molar-refractivity contribution in [3.05, 3.63) is 89.4 Å². The number of aliphatic hydroxyl groups excluding tert-OH is 1. The second-order valence-corrected chi connectivity index (χ2v) is 9.97. The van der Waals surface area contributed by atoms with E-state index in [0.29, 0.717) is 22.5 Å². The Morgan fingerprint density at radius 3 is 2.20 bits per heavy atom. The van der Waals surface area contributed by atoms with E-state index < -0.39 is 47.9 Å². The molecular weight excluding hydrogens is 521 g/mol. The molecule has 9 heteroatoms. The number of hydrogen-bond donors (Lipinski definition) is 1. The van der Waals surface area contributed by atoms with Gasteiger partial charge in [0.2, 0.25) is 0 Å². The standard InChI is InChI=1S/C31H35F3N2O4/c1-4-5-16-40-30(39)15-14-25(37)17-29(38)26(34)19-36-28(22-8-12-24(33)13-9-22)18-27(35-31(36)20(2)3)21-6-10-23(32)11-7-21/h6-13,18-20,29,31,38H,4-5,14-17H2,1-3H3/t29-,31?/m0/s1. The fourth-order valence-electron chi connectivity index (χ4n) is 4.11. The summed E-state index contributed by atoms with van der Waals surface area (Å²) in [6.07, 6.45) is 1.21. The van der Waals surface area contributed by atoms with Crippen LogP contribution in [0.1, 0.15) is 64.0 Å². The van der Waals surface area contributed by atoms with Crippen LogP contribution in [0.4, 0.5) is 13.2 Å². The first-order valence-corrected chi connectivity index (χ1v) is 13.4. The van der Waals surface area contributed by atoms with E-state index in [2.05, 4.69) is 0 Å². The second-order valence-electron chi connectivity index (χ2n) is 9.97. The molecule has 0 saturated heterocycles. The Morgan fingerprint density at radius 1 is 1.02 bits per heavy atom. The van der Waals surface area contributed by atoms with Gasteiger partial charge in [0.25, 0.3) is 0 Å². The van der Waals surface area contributed by atoms with Gasteiger partial charge in [-0.3, -0.25) is 14.6 Å². The Bertz CT molecular complexity index is 1250. The molecule has 214 valence electrons. The summed E-state index contributed by atoms with van der Waals surface area (Å²) in [5.74, 6) is -2.92. The second kappa shape index (κ2) is 14.6. The predicted octanol–water partition coefficient (Wildman–Crippen LogP) is 6.35. The van der Waals surface area contributed by atoms with Gasteiger partial charge in [-0.25, -0.2) is 13.2 Å². The smallest absolute Gasteiger partial charge is 0.306 e. The minimum absolute atomic E-state index is 0.138. The predicted molar refractivity (Wildman–Crippen MR) is 148 cm³/mol. The Balaban J connectivity index is 1.85. The lowest BCUT2D eigenvalue weighted by atomic mass is 9.99. The van der Waals surface area contributed by atoms with Crippen molar-refractivity contribution in [1.29, 1.82) is 0 Å². The number of ketones is 1. The van der Waals surface area contributed by atoms with Crippen molar-refractivity contribution in [2.75, 3.05) is 6.61 Å². The molecule has 1 aliphatic heterocycles. The lowest BCUT2D eigenvalue weighted by Gasteiger charge is -2.36. The van der Waals surface area contributed by atoms with Crippen molar-refractivity contribution in [2.45, 2.75) is 65.1 Å². The van der Waals surface area contributed by atoms with Crippen LogP contribution >= 0.6 is 0 Å². The van der Waals surface area contributed by atoms with E-state index in [1.54, 1.807) is 35.2 Å². The quantitative estimate of drug-likeness (QED) is 0.230. The minimum Gasteiger partial charge on any atom is -0.466 e. The van der Waals surface area contributed by atoms with E-state index in [1.807, 2.05) is 20.8 Å². The lowest BCUT2D eigenvalue weighted by molar-refractivity contribution is -0.145. The number of allylic oxidation sites excluding steroid dienone is 1. The third-order valence-electron chi connectivity index (χ3n) is 6.35. The zero-order valence-electron chi connectivity index (χ0n) is 22.9. The number of Topliss-reactive ketones (excluding diaryl/α,β-unsaturated/α-hetero) is 1. The number of hydrogen-bond acceptors (Lipinski definition) is 6. The molecule has 2 aromatic carbocycles. The van der Waals surface area contributed by atoms with Gasteiger partial charge in [-0.2, -0.15) is 0 Å². The fraction of sp³-hybridized carbons (Fsp3) is 0.387. The summed E-state index contributed by atoms with van der Waals surface area (Å²) in [5.41, 5.74) is 2.23. The third kappa shape index (κ3) is 8.64. The van der Waals surface area contributed by atoms with Gasteiger partial charge in [-0.15, -0.1) is 0 Å². The normalized spacial score (nSPS) is 16.4. The van der Waals surface area contributed by atoms with Crippen molar-refractivity contribution < 1.29 is 32.6 Å². The van der Waals surface area contributed by atoms with Crippen molar-refractivity contribution in [3.8, 4) is 0 Å². The zero-order chi connectivity index (χ0) is 29.2. The highest BCUT2D eigenvalue weighted by atomic mass is 19.1. The van der Waals surface area contributed by atoms with Crippen LogP contribution < -0.4 is 0 Å². The maximum absolute atomic E-state index is 15.3. The van der Waals surface area contributed by atoms with Gasteiger partial charge in [0.05, 0.1) is 24.4 Å². The molecule has 1 N–H and O–H groups in total. The molecule has 0 aromatic heterocycles. The molecule has 2 atom stereocenters. The van der Waals surface area contributed by atoms with Crippen LogP contribution in [0.3, 0.4) is 0 Å². The number of aliphatic imine (C=N–C) groups is 1. The molecule has 2 aromatic rings. The summed E-state index contributed by atoms with van der Waals surface area (Å²) in [6, 6.07) is 11.5. The van der Waals surface area contributed by atoms with Crippen molar-refractivity contribution in [1.82, 2.24) is 4.90 Å². The van der Waals surface area contributed by atoms with Gasteiger partial charge >= 0.3 is 5.97 Å². The largest absolute Gasteiger partial charge is 0.466 e. The van der Waals surface area contributed by atoms with Gasteiger partial charge in [0, 0.05) is 24.6 Å². The van der Waals surface area contributed by atoms with Crippen molar-refractivity contribution in [2.24, 2.45) is 10.9 Å². The summed E-state index contributed by atoms with van der Waals surface area (Å²) >= 11 is 0. The van der Waals surface area contributed by atoms with E-state index in [1.165, 1.54) is 24.3 Å². The molecule has 3 rings (SSSR count). The van der Waals surface area contributed by atoms with Crippen molar-refractivity contribution in [3.63, 3.8) is 0 Å². The minimum atomic E-state index is -1.73. The van der Waals surface area contributed by atoms with E-state index >= 15 is 4.39 Å². The van der Waals surface area contributed by atoms with Crippen LogP contribution in [0.15, 0.2) is 71.6 Å². The summed E-state index contributed by atoms with van der Waals surface area (Å²) in [5, 5.41) is 10.5. The topological polar surface area (TPSA) is 79.2 Å². The van der Waals surface area contributed by atoms with E-state index in [4.69, 9.17) is 9.73 Å². The Hall–Kier alpha value is -3.72. The molecular formula is C31H35F3N2O4. The zero-order valence-corrected chi connectivity index (χ0v) is 22.9. The molecule has 1 aliphatic rings. The highest BCUT2D eigenvalue weighted by Crippen LogP contribution is 2.32. The molecule has 0 spiro atoms. The highest BCUT2D eigenvalue weighted by molar-refractivity contribution is 6.13. The molecule has 0 radical (unpaired) electrons. The number of carbonyl (C=O) groups is 2. The first-order valence-electron chi connectivity index (χ1n) is 13.4. The third-order valence-corrected chi connectivity index (χ3v) is 6.35. The van der Waals surface area contributed by atoms with E-state index in [-0.39, 0.29) is 25.4 Å². The molecule has 0 saturated carbocycles. The number of aliphatic hydroxyl groups is 1. The first-order chi connectivity index (χ1) is 19.1. The molecule has 1 unspecified atom stereocenters. The van der Waals surface area contributed by atoms with Gasteiger partial charge in [0.15, 0.2) is 0 Å². The number of carbonyl (C=O) groups excluding carboxylic acids is 2. The van der Waals surface area contributed by atoms with E-state index in [9.17, 15) is 23.5 Å². The van der Waals surface area contributed by atoms with Gasteiger partial charge in [-0.05, 0) is 72.5 Å². The van der Waals surface area contributed by atoms with Gasteiger partial charge in [0.1, 0.15) is 35.5 Å². The highest BCUT2D eigenvalue weighted by Gasteiger charge is 2.29. The maximum atomic E-state index is 15.3. The summed E-state index contributed by atoms with van der Waals surface area (Å²) in [7, 11) is 0. The van der Waals surface area contributed by atoms with Gasteiger partial charge in [-0.1, -0.05) is 27.2 Å². The fourth-order valence-corrected chi connectivity index (χ4v) is 4.11. The van der Waals surface area contributed by atoms with Crippen LogP contribution in [0.25, 0.3) is 5.70 Å². The number of esters is 1. The Morgan fingerprint density at radius 2 is 1.62 bits per heavy atom. The molecule has 0 aliphatic carbocycles. The number of ether oxygens (including phenoxy) is 1. The summed E-state index contributed by atoms with van der Waals surface area (Å²) in [4.78, 5) is 30.4. The number of rotatable bonds is 13. The maximum Gasteiger partial charge on any atom is 0.306 e. The number of nitrogens with zero attached hydrogens (tertiary/aromatic N) is 2. The number of unbranched alkanes of at least 4 members (excludes halogenated alkanes) is 1. The van der Waals surface area contributed by atoms with Crippen LogP contribution in [-0.2, 0) is 14.3 Å². The molecule has 0 bridgehead atoms. The monoisotopic (exact) mass is 556 g/mol. The summed E-state index contributed by atoms with van der Waals surface area (Å²) < 4.78 is 47.6. The van der Waals surface area contributed by atoms with Crippen molar-refractivity contribution >= 4 is 23.2 Å². The average molecular weight is 557 g/mol. The van der Waals surface area contributed by atoms with Crippen LogP contribution in [-0.4, -0.2) is 46.3 Å². The number of benzene rings is 2. The molecule has 6 nitrogen and oxygen atoms in total. The van der Waals surface area contributed by atoms with Crippen LogP contribution in [0.5, 0.6) is 0 Å². The van der Waals surface area contributed by atoms with Crippen LogP contribution in [0.2, 0.25) is 0 Å². The number of halogens is 3.